The molecule has 1 aliphatic rings. The summed E-state index contributed by atoms with van der Waals surface area (Å²) in [6.45, 7) is 2.20. The van der Waals surface area contributed by atoms with E-state index in [2.05, 4.69) is 16.0 Å². The summed E-state index contributed by atoms with van der Waals surface area (Å²) in [4.78, 5) is 34.1. The highest BCUT2D eigenvalue weighted by Gasteiger charge is 2.29. The molecule has 3 N–H and O–H groups in total. The van der Waals surface area contributed by atoms with Crippen LogP contribution in [0, 0.1) is 5.92 Å². The maximum absolute atomic E-state index is 11.8. The smallest absolute Gasteiger partial charge is 0.251 e. The average molecular weight is 289 g/mol. The lowest BCUT2D eigenvalue weighted by atomic mass is 10.2. The molecule has 6 heteroatoms. The number of nitrogens with one attached hydrogen (secondary N) is 3. The fraction of sp³-hybridized carbons (Fsp3) is 0.400. The van der Waals surface area contributed by atoms with Crippen molar-refractivity contribution in [1.82, 2.24) is 10.6 Å². The van der Waals surface area contributed by atoms with Crippen LogP contribution in [0.4, 0.5) is 5.69 Å². The van der Waals surface area contributed by atoms with E-state index in [1.165, 1.54) is 6.92 Å². The molecule has 3 amide bonds. The molecule has 0 unspecified atom stereocenters. The summed E-state index contributed by atoms with van der Waals surface area (Å²) < 4.78 is 0. The number of anilines is 1. The van der Waals surface area contributed by atoms with Crippen molar-refractivity contribution >= 4 is 23.4 Å². The Morgan fingerprint density at radius 1 is 1.05 bits per heavy atom. The Morgan fingerprint density at radius 2 is 1.67 bits per heavy atom. The second-order valence-corrected chi connectivity index (χ2v) is 5.08. The molecule has 112 valence electrons. The van der Waals surface area contributed by atoms with Crippen LogP contribution in [0.5, 0.6) is 0 Å². The van der Waals surface area contributed by atoms with Crippen LogP contribution < -0.4 is 16.0 Å². The van der Waals surface area contributed by atoms with Gasteiger partial charge in [-0.1, -0.05) is 0 Å². The van der Waals surface area contributed by atoms with E-state index in [-0.39, 0.29) is 23.6 Å². The van der Waals surface area contributed by atoms with Gasteiger partial charge in [-0.25, -0.2) is 0 Å². The van der Waals surface area contributed by atoms with Crippen LogP contribution in [0.3, 0.4) is 0 Å². The lowest BCUT2D eigenvalue weighted by Crippen LogP contribution is -2.33. The molecule has 2 rings (SSSR count). The summed E-state index contributed by atoms with van der Waals surface area (Å²) in [6, 6.07) is 6.75. The molecule has 0 bridgehead atoms. The highest BCUT2D eigenvalue weighted by Crippen LogP contribution is 2.30. The van der Waals surface area contributed by atoms with E-state index in [4.69, 9.17) is 0 Å². The molecule has 1 fully saturated rings. The minimum atomic E-state index is -0.208. The summed E-state index contributed by atoms with van der Waals surface area (Å²) in [6.07, 6.45) is 1.92. The van der Waals surface area contributed by atoms with Gasteiger partial charge in [-0.3, -0.25) is 14.4 Å². The second-order valence-electron chi connectivity index (χ2n) is 5.08. The lowest BCUT2D eigenvalue weighted by Gasteiger charge is -2.07. The fourth-order valence-electron chi connectivity index (χ4n) is 1.81. The van der Waals surface area contributed by atoms with Gasteiger partial charge in [0.1, 0.15) is 0 Å². The first-order valence-electron chi connectivity index (χ1n) is 7.00. The predicted molar refractivity (Wildman–Crippen MR) is 78.8 cm³/mol. The molecule has 1 aliphatic carbocycles. The largest absolute Gasteiger partial charge is 0.355 e. The maximum atomic E-state index is 11.8. The molecule has 0 spiro atoms. The van der Waals surface area contributed by atoms with Gasteiger partial charge >= 0.3 is 0 Å². The second kappa shape index (κ2) is 6.88. The molecular weight excluding hydrogens is 270 g/mol. The number of hydrogen-bond acceptors (Lipinski definition) is 3. The van der Waals surface area contributed by atoms with Gasteiger partial charge in [0.05, 0.1) is 0 Å². The van der Waals surface area contributed by atoms with Gasteiger partial charge in [0.25, 0.3) is 5.91 Å². The van der Waals surface area contributed by atoms with E-state index >= 15 is 0 Å². The fourth-order valence-corrected chi connectivity index (χ4v) is 1.81. The first-order valence-corrected chi connectivity index (χ1v) is 7.00. The molecule has 0 saturated heterocycles. The Morgan fingerprint density at radius 3 is 2.24 bits per heavy atom. The van der Waals surface area contributed by atoms with Gasteiger partial charge in [0.15, 0.2) is 0 Å². The summed E-state index contributed by atoms with van der Waals surface area (Å²) in [5, 5.41) is 8.12. The zero-order chi connectivity index (χ0) is 15.2. The monoisotopic (exact) mass is 289 g/mol. The third-order valence-corrected chi connectivity index (χ3v) is 3.15. The topological polar surface area (TPSA) is 87.3 Å². The Labute approximate surface area is 123 Å². The van der Waals surface area contributed by atoms with Crippen LogP contribution in [-0.2, 0) is 9.59 Å². The third-order valence-electron chi connectivity index (χ3n) is 3.15. The Kier molecular flexibility index (Phi) is 4.92. The highest BCUT2D eigenvalue weighted by molar-refractivity contribution is 5.96. The minimum Gasteiger partial charge on any atom is -0.355 e. The van der Waals surface area contributed by atoms with Gasteiger partial charge in [-0.05, 0) is 37.1 Å². The van der Waals surface area contributed by atoms with E-state index in [0.717, 1.165) is 12.8 Å². The van der Waals surface area contributed by atoms with E-state index in [9.17, 15) is 14.4 Å². The number of carbonyl (C=O) groups is 3. The van der Waals surface area contributed by atoms with Crippen LogP contribution in [0.1, 0.15) is 30.1 Å². The van der Waals surface area contributed by atoms with Crippen molar-refractivity contribution in [3.8, 4) is 0 Å². The van der Waals surface area contributed by atoms with Crippen molar-refractivity contribution in [1.29, 1.82) is 0 Å². The van der Waals surface area contributed by atoms with Crippen molar-refractivity contribution < 1.29 is 14.4 Å². The molecule has 0 aromatic heterocycles. The van der Waals surface area contributed by atoms with Crippen molar-refractivity contribution in [3.63, 3.8) is 0 Å². The van der Waals surface area contributed by atoms with Gasteiger partial charge in [0, 0.05) is 37.2 Å². The molecule has 0 aliphatic heterocycles. The normalized spacial score (nSPS) is 13.4. The van der Waals surface area contributed by atoms with Crippen molar-refractivity contribution in [3.05, 3.63) is 29.8 Å². The molecule has 6 nitrogen and oxygen atoms in total. The molecule has 0 heterocycles. The van der Waals surface area contributed by atoms with Gasteiger partial charge < -0.3 is 16.0 Å². The first-order chi connectivity index (χ1) is 10.1. The number of rotatable bonds is 6. The van der Waals surface area contributed by atoms with Crippen LogP contribution in [0.2, 0.25) is 0 Å². The lowest BCUT2D eigenvalue weighted by molar-refractivity contribution is -0.119. The summed E-state index contributed by atoms with van der Waals surface area (Å²) >= 11 is 0. The van der Waals surface area contributed by atoms with E-state index < -0.39 is 0 Å². The van der Waals surface area contributed by atoms with Crippen LogP contribution >= 0.6 is 0 Å². The van der Waals surface area contributed by atoms with Gasteiger partial charge in [-0.15, -0.1) is 0 Å². The Bertz CT molecular complexity index is 536. The maximum Gasteiger partial charge on any atom is 0.251 e. The zero-order valence-corrected chi connectivity index (χ0v) is 11.9. The number of hydrogen-bond donors (Lipinski definition) is 3. The number of carbonyl (C=O) groups excluding carboxylic acids is 3. The standard InChI is InChI=1S/C15H19N3O3/c1-10(19)16-8-9-17-14(20)11-4-6-13(7-5-11)18-15(21)12-2-3-12/h4-7,12H,2-3,8-9H2,1H3,(H,16,19)(H,17,20)(H,18,21). The van der Waals surface area contributed by atoms with Crippen LogP contribution in [-0.4, -0.2) is 30.8 Å². The summed E-state index contributed by atoms with van der Waals surface area (Å²) in [5.41, 5.74) is 1.21. The minimum absolute atomic E-state index is 0.0440. The Balaban J connectivity index is 1.78. The van der Waals surface area contributed by atoms with Crippen LogP contribution in [0.25, 0.3) is 0 Å². The average Bonchev–Trinajstić information content (AvgIpc) is 3.28. The van der Waals surface area contributed by atoms with Crippen molar-refractivity contribution in [2.24, 2.45) is 5.92 Å². The molecular formula is C15H19N3O3. The summed E-state index contributed by atoms with van der Waals surface area (Å²) in [5.74, 6) is -0.135. The Hall–Kier alpha value is -2.37. The molecule has 21 heavy (non-hydrogen) atoms. The zero-order valence-electron chi connectivity index (χ0n) is 11.9. The third kappa shape index (κ3) is 4.91. The predicted octanol–water partition coefficient (Wildman–Crippen LogP) is 0.901. The molecule has 1 aromatic carbocycles. The molecule has 0 atom stereocenters. The SMILES string of the molecule is CC(=O)NCCNC(=O)c1ccc(NC(=O)C2CC2)cc1. The molecule has 0 radical (unpaired) electrons. The number of benzene rings is 1. The van der Waals surface area contributed by atoms with Crippen molar-refractivity contribution in [2.45, 2.75) is 19.8 Å². The molecule has 1 aromatic rings. The first kappa shape index (κ1) is 15.0. The van der Waals surface area contributed by atoms with Gasteiger partial charge in [-0.2, -0.15) is 0 Å². The van der Waals surface area contributed by atoms with Gasteiger partial charge in [0.2, 0.25) is 11.8 Å². The van der Waals surface area contributed by atoms with E-state index in [0.29, 0.717) is 24.3 Å². The summed E-state index contributed by atoms with van der Waals surface area (Å²) in [7, 11) is 0. The highest BCUT2D eigenvalue weighted by atomic mass is 16.2. The van der Waals surface area contributed by atoms with Crippen molar-refractivity contribution in [2.75, 3.05) is 18.4 Å². The quantitative estimate of drug-likeness (QED) is 0.680. The molecule has 1 saturated carbocycles. The van der Waals surface area contributed by atoms with Crippen LogP contribution in [0.15, 0.2) is 24.3 Å². The van der Waals surface area contributed by atoms with E-state index in [1.807, 2.05) is 0 Å². The number of amides is 3. The van der Waals surface area contributed by atoms with E-state index in [1.54, 1.807) is 24.3 Å².